The Balaban J connectivity index is 1.70. The van der Waals surface area contributed by atoms with Crippen LogP contribution in [-0.4, -0.2) is 47.0 Å². The minimum absolute atomic E-state index is 0.0475. The Hall–Kier alpha value is -2.83. The molecule has 0 bridgehead atoms. The average molecular weight is 329 g/mol. The molecule has 1 aromatic carbocycles. The Morgan fingerprint density at radius 2 is 1.96 bits per heavy atom. The molecular weight excluding hydrogens is 306 g/mol. The standard InChI is InChI=1S/C17H23N5O2/c1-21(2)16(23)12-14-4-6-15(7-5-14)20-17(24)19-8-3-10-22-11-9-18-13-22/h4-7,9,11,13H,3,8,10,12H2,1-2H3,(H2,19,20,24). The summed E-state index contributed by atoms with van der Waals surface area (Å²) in [4.78, 5) is 29.0. The van der Waals surface area contributed by atoms with Crippen LogP contribution in [0.1, 0.15) is 12.0 Å². The molecule has 7 heteroatoms. The van der Waals surface area contributed by atoms with Crippen LogP contribution in [0.15, 0.2) is 43.0 Å². The van der Waals surface area contributed by atoms with Gasteiger partial charge < -0.3 is 20.1 Å². The van der Waals surface area contributed by atoms with E-state index >= 15 is 0 Å². The van der Waals surface area contributed by atoms with Crippen molar-refractivity contribution >= 4 is 17.6 Å². The molecule has 128 valence electrons. The van der Waals surface area contributed by atoms with Gasteiger partial charge in [-0.2, -0.15) is 0 Å². The summed E-state index contributed by atoms with van der Waals surface area (Å²) in [6.45, 7) is 1.40. The van der Waals surface area contributed by atoms with Crippen molar-refractivity contribution < 1.29 is 9.59 Å². The Morgan fingerprint density at radius 1 is 1.21 bits per heavy atom. The molecule has 24 heavy (non-hydrogen) atoms. The van der Waals surface area contributed by atoms with E-state index in [9.17, 15) is 9.59 Å². The van der Waals surface area contributed by atoms with E-state index in [-0.39, 0.29) is 11.9 Å². The second-order valence-electron chi connectivity index (χ2n) is 5.70. The lowest BCUT2D eigenvalue weighted by Gasteiger charge is -2.11. The van der Waals surface area contributed by atoms with E-state index in [4.69, 9.17) is 0 Å². The number of benzene rings is 1. The molecule has 1 heterocycles. The number of urea groups is 1. The summed E-state index contributed by atoms with van der Waals surface area (Å²) in [5.74, 6) is 0.0475. The van der Waals surface area contributed by atoms with Gasteiger partial charge in [0.2, 0.25) is 5.91 Å². The molecular formula is C17H23N5O2. The van der Waals surface area contributed by atoms with Gasteiger partial charge in [-0.3, -0.25) is 4.79 Å². The lowest BCUT2D eigenvalue weighted by atomic mass is 10.1. The minimum Gasteiger partial charge on any atom is -0.349 e. The monoisotopic (exact) mass is 329 g/mol. The number of aromatic nitrogens is 2. The number of amides is 3. The second kappa shape index (κ2) is 8.71. The summed E-state index contributed by atoms with van der Waals surface area (Å²) in [6.07, 6.45) is 6.56. The van der Waals surface area contributed by atoms with E-state index in [1.54, 1.807) is 43.7 Å². The number of carbonyl (C=O) groups is 2. The third kappa shape index (κ3) is 5.75. The highest BCUT2D eigenvalue weighted by Crippen LogP contribution is 2.10. The number of hydrogen-bond acceptors (Lipinski definition) is 3. The molecule has 3 amide bonds. The van der Waals surface area contributed by atoms with Gasteiger partial charge in [-0.05, 0) is 24.1 Å². The predicted octanol–water partition coefficient (Wildman–Crippen LogP) is 1.73. The summed E-state index contributed by atoms with van der Waals surface area (Å²) < 4.78 is 1.97. The first-order chi connectivity index (χ1) is 11.5. The summed E-state index contributed by atoms with van der Waals surface area (Å²) >= 11 is 0. The molecule has 0 aliphatic carbocycles. The van der Waals surface area contributed by atoms with Gasteiger partial charge in [0, 0.05) is 45.3 Å². The van der Waals surface area contributed by atoms with Gasteiger partial charge in [0.25, 0.3) is 0 Å². The van der Waals surface area contributed by atoms with Crippen molar-refractivity contribution in [1.82, 2.24) is 19.8 Å². The quantitative estimate of drug-likeness (QED) is 0.759. The Bertz CT molecular complexity index is 650. The highest BCUT2D eigenvalue weighted by Gasteiger charge is 2.06. The largest absolute Gasteiger partial charge is 0.349 e. The van der Waals surface area contributed by atoms with Crippen molar-refractivity contribution in [2.24, 2.45) is 0 Å². The van der Waals surface area contributed by atoms with Gasteiger partial charge >= 0.3 is 6.03 Å². The van der Waals surface area contributed by atoms with E-state index in [0.29, 0.717) is 18.7 Å². The molecule has 2 rings (SSSR count). The first-order valence-electron chi connectivity index (χ1n) is 7.84. The van der Waals surface area contributed by atoms with E-state index < -0.39 is 0 Å². The molecule has 0 fully saturated rings. The number of nitrogens with zero attached hydrogens (tertiary/aromatic N) is 3. The molecule has 0 atom stereocenters. The number of aryl methyl sites for hydroxylation is 1. The zero-order valence-corrected chi connectivity index (χ0v) is 14.0. The van der Waals surface area contributed by atoms with Crippen molar-refractivity contribution in [3.05, 3.63) is 48.5 Å². The van der Waals surface area contributed by atoms with Crippen LogP contribution in [0.25, 0.3) is 0 Å². The van der Waals surface area contributed by atoms with Crippen LogP contribution in [0.4, 0.5) is 10.5 Å². The lowest BCUT2D eigenvalue weighted by molar-refractivity contribution is -0.127. The number of rotatable bonds is 7. The van der Waals surface area contributed by atoms with Crippen molar-refractivity contribution in [3.63, 3.8) is 0 Å². The fourth-order valence-corrected chi connectivity index (χ4v) is 2.10. The first kappa shape index (κ1) is 17.5. The van der Waals surface area contributed by atoms with Crippen molar-refractivity contribution in [2.75, 3.05) is 26.0 Å². The predicted molar refractivity (Wildman–Crippen MR) is 92.7 cm³/mol. The fraction of sp³-hybridized carbons (Fsp3) is 0.353. The SMILES string of the molecule is CN(C)C(=O)Cc1ccc(NC(=O)NCCCn2ccnc2)cc1. The van der Waals surface area contributed by atoms with E-state index in [1.807, 2.05) is 22.9 Å². The third-order valence-corrected chi connectivity index (χ3v) is 3.50. The van der Waals surface area contributed by atoms with Gasteiger partial charge in [0.15, 0.2) is 0 Å². The maximum Gasteiger partial charge on any atom is 0.319 e. The highest BCUT2D eigenvalue weighted by atomic mass is 16.2. The van der Waals surface area contributed by atoms with Gasteiger partial charge in [-0.25, -0.2) is 9.78 Å². The van der Waals surface area contributed by atoms with Crippen molar-refractivity contribution in [2.45, 2.75) is 19.4 Å². The van der Waals surface area contributed by atoms with E-state index in [2.05, 4.69) is 15.6 Å². The Kier molecular flexibility index (Phi) is 6.36. The topological polar surface area (TPSA) is 79.3 Å². The van der Waals surface area contributed by atoms with E-state index in [1.165, 1.54) is 0 Å². The van der Waals surface area contributed by atoms with Crippen LogP contribution in [0.3, 0.4) is 0 Å². The lowest BCUT2D eigenvalue weighted by Crippen LogP contribution is -2.30. The number of hydrogen-bond donors (Lipinski definition) is 2. The van der Waals surface area contributed by atoms with Gasteiger partial charge in [0.1, 0.15) is 0 Å². The maximum atomic E-state index is 11.8. The zero-order valence-electron chi connectivity index (χ0n) is 14.0. The van der Waals surface area contributed by atoms with Crippen LogP contribution >= 0.6 is 0 Å². The molecule has 2 aromatic rings. The number of imidazole rings is 1. The summed E-state index contributed by atoms with van der Waals surface area (Å²) in [5.41, 5.74) is 1.61. The number of likely N-dealkylation sites (N-methyl/N-ethyl adjacent to an activating group) is 1. The number of anilines is 1. The number of nitrogens with one attached hydrogen (secondary N) is 2. The number of carbonyl (C=O) groups excluding carboxylic acids is 2. The average Bonchev–Trinajstić information content (AvgIpc) is 3.06. The second-order valence-corrected chi connectivity index (χ2v) is 5.70. The van der Waals surface area contributed by atoms with Gasteiger partial charge in [-0.15, -0.1) is 0 Å². The van der Waals surface area contributed by atoms with E-state index in [0.717, 1.165) is 18.5 Å². The first-order valence-corrected chi connectivity index (χ1v) is 7.84. The molecule has 0 radical (unpaired) electrons. The molecule has 1 aromatic heterocycles. The van der Waals surface area contributed by atoms with Crippen molar-refractivity contribution in [3.8, 4) is 0 Å². The van der Waals surface area contributed by atoms with Crippen LogP contribution in [-0.2, 0) is 17.8 Å². The molecule has 0 saturated heterocycles. The molecule has 7 nitrogen and oxygen atoms in total. The molecule has 0 aliphatic rings. The molecule has 0 saturated carbocycles. The zero-order chi connectivity index (χ0) is 17.4. The molecule has 0 aliphatic heterocycles. The van der Waals surface area contributed by atoms with Crippen molar-refractivity contribution in [1.29, 1.82) is 0 Å². The van der Waals surface area contributed by atoms with Crippen LogP contribution in [0.2, 0.25) is 0 Å². The van der Waals surface area contributed by atoms with Crippen LogP contribution < -0.4 is 10.6 Å². The smallest absolute Gasteiger partial charge is 0.319 e. The molecule has 0 spiro atoms. The summed E-state index contributed by atoms with van der Waals surface area (Å²) in [6, 6.07) is 7.04. The minimum atomic E-state index is -0.238. The maximum absolute atomic E-state index is 11.8. The Labute approximate surface area is 141 Å². The third-order valence-electron chi connectivity index (χ3n) is 3.50. The summed E-state index contributed by atoms with van der Waals surface area (Å²) in [5, 5.41) is 5.59. The molecule has 2 N–H and O–H groups in total. The van der Waals surface area contributed by atoms with Crippen LogP contribution in [0, 0.1) is 0 Å². The highest BCUT2D eigenvalue weighted by molar-refractivity contribution is 5.89. The van der Waals surface area contributed by atoms with Gasteiger partial charge in [0.05, 0.1) is 12.7 Å². The fourth-order valence-electron chi connectivity index (χ4n) is 2.10. The van der Waals surface area contributed by atoms with Crippen LogP contribution in [0.5, 0.6) is 0 Å². The summed E-state index contributed by atoms with van der Waals surface area (Å²) in [7, 11) is 3.46. The Morgan fingerprint density at radius 3 is 2.58 bits per heavy atom. The normalized spacial score (nSPS) is 10.2. The molecule has 0 unspecified atom stereocenters. The van der Waals surface area contributed by atoms with Gasteiger partial charge in [-0.1, -0.05) is 12.1 Å².